The highest BCUT2D eigenvalue weighted by Gasteiger charge is 2.19. The van der Waals surface area contributed by atoms with Crippen molar-refractivity contribution < 1.29 is 0 Å². The molecule has 0 radical (unpaired) electrons. The minimum Gasteiger partial charge on any atom is -0.335 e. The van der Waals surface area contributed by atoms with Gasteiger partial charge in [-0.05, 0) is 19.3 Å². The minimum absolute atomic E-state index is 0.561. The second-order valence-electron chi connectivity index (χ2n) is 4.83. The summed E-state index contributed by atoms with van der Waals surface area (Å²) in [6.45, 7) is 11.1. The summed E-state index contributed by atoms with van der Waals surface area (Å²) in [7, 11) is 2.12. The first-order chi connectivity index (χ1) is 6.99. The van der Waals surface area contributed by atoms with E-state index in [-0.39, 0.29) is 0 Å². The van der Waals surface area contributed by atoms with Crippen molar-refractivity contribution in [1.82, 2.24) is 9.55 Å². The maximum atomic E-state index is 4.71. The molecule has 0 amide bonds. The summed E-state index contributed by atoms with van der Waals surface area (Å²) in [5.41, 5.74) is 2.72. The summed E-state index contributed by atoms with van der Waals surface area (Å²) in [5.74, 6) is 2.29. The molecule has 1 unspecified atom stereocenters. The van der Waals surface area contributed by atoms with Crippen LogP contribution in [-0.2, 0) is 7.05 Å². The molecule has 1 heterocycles. The lowest BCUT2D eigenvalue weighted by atomic mass is 9.96. The smallest absolute Gasteiger partial charge is 0.105 e. The Bertz CT molecular complexity index is 324. The van der Waals surface area contributed by atoms with E-state index in [9.17, 15) is 0 Å². The van der Waals surface area contributed by atoms with Crippen LogP contribution in [0.25, 0.3) is 0 Å². The number of aromatic nitrogens is 2. The normalized spacial score (nSPS) is 13.5. The molecule has 0 aromatic carbocycles. The van der Waals surface area contributed by atoms with E-state index in [2.05, 4.69) is 46.2 Å². The largest absolute Gasteiger partial charge is 0.335 e. The van der Waals surface area contributed by atoms with Crippen molar-refractivity contribution in [1.29, 1.82) is 0 Å². The van der Waals surface area contributed by atoms with Gasteiger partial charge in [0, 0.05) is 18.7 Å². The Labute approximate surface area is 93.7 Å². The standard InChI is InChI=1S/C13H24N2/c1-7-8-10(4)12-13(9(2)3)15(6)11(5)14-12/h9-10H,7-8H2,1-6H3. The predicted molar refractivity (Wildman–Crippen MR) is 65.4 cm³/mol. The molecule has 0 aliphatic carbocycles. The summed E-state index contributed by atoms with van der Waals surface area (Å²) in [6, 6.07) is 0. The van der Waals surface area contributed by atoms with E-state index >= 15 is 0 Å². The molecular formula is C13H24N2. The molecule has 0 aliphatic rings. The Morgan fingerprint density at radius 3 is 2.33 bits per heavy atom. The SMILES string of the molecule is CCCC(C)c1nc(C)n(C)c1C(C)C. The van der Waals surface area contributed by atoms with Crippen molar-refractivity contribution in [2.45, 2.75) is 59.3 Å². The van der Waals surface area contributed by atoms with Crippen LogP contribution in [0.3, 0.4) is 0 Å². The molecule has 2 heteroatoms. The van der Waals surface area contributed by atoms with E-state index in [0.29, 0.717) is 11.8 Å². The lowest BCUT2D eigenvalue weighted by Crippen LogP contribution is -2.04. The fourth-order valence-corrected chi connectivity index (χ4v) is 2.27. The van der Waals surface area contributed by atoms with Gasteiger partial charge in [-0.3, -0.25) is 0 Å². The summed E-state index contributed by atoms with van der Waals surface area (Å²) in [5, 5.41) is 0. The fraction of sp³-hybridized carbons (Fsp3) is 0.769. The van der Waals surface area contributed by atoms with Crippen LogP contribution in [0.15, 0.2) is 0 Å². The molecule has 0 N–H and O–H groups in total. The molecule has 0 fully saturated rings. The summed E-state index contributed by atoms with van der Waals surface area (Å²) in [6.07, 6.45) is 2.46. The van der Waals surface area contributed by atoms with E-state index in [1.54, 1.807) is 0 Å². The number of imidazole rings is 1. The lowest BCUT2D eigenvalue weighted by Gasteiger charge is -2.14. The van der Waals surface area contributed by atoms with Crippen molar-refractivity contribution in [3.8, 4) is 0 Å². The van der Waals surface area contributed by atoms with Gasteiger partial charge in [0.05, 0.1) is 5.69 Å². The molecule has 1 atom stereocenters. The molecule has 2 nitrogen and oxygen atoms in total. The molecule has 0 bridgehead atoms. The average Bonchev–Trinajstić information content (AvgIpc) is 2.44. The maximum absolute atomic E-state index is 4.71. The Balaban J connectivity index is 3.11. The zero-order valence-corrected chi connectivity index (χ0v) is 11.0. The Morgan fingerprint density at radius 2 is 1.87 bits per heavy atom. The molecule has 0 spiro atoms. The van der Waals surface area contributed by atoms with Gasteiger partial charge in [-0.2, -0.15) is 0 Å². The molecule has 1 rings (SSSR count). The van der Waals surface area contributed by atoms with Gasteiger partial charge in [0.1, 0.15) is 5.82 Å². The summed E-state index contributed by atoms with van der Waals surface area (Å²) in [4.78, 5) is 4.71. The van der Waals surface area contributed by atoms with Crippen LogP contribution < -0.4 is 0 Å². The van der Waals surface area contributed by atoms with Crippen molar-refractivity contribution in [3.05, 3.63) is 17.2 Å². The van der Waals surface area contributed by atoms with Gasteiger partial charge < -0.3 is 4.57 Å². The quantitative estimate of drug-likeness (QED) is 0.736. The van der Waals surface area contributed by atoms with Crippen molar-refractivity contribution in [3.63, 3.8) is 0 Å². The number of hydrogen-bond donors (Lipinski definition) is 0. The summed E-state index contributed by atoms with van der Waals surface area (Å²) < 4.78 is 2.24. The van der Waals surface area contributed by atoms with Crippen LogP contribution in [0.1, 0.15) is 69.6 Å². The van der Waals surface area contributed by atoms with Crippen molar-refractivity contribution in [2.75, 3.05) is 0 Å². The Morgan fingerprint density at radius 1 is 1.27 bits per heavy atom. The van der Waals surface area contributed by atoms with E-state index in [1.165, 1.54) is 24.2 Å². The molecule has 1 aromatic rings. The minimum atomic E-state index is 0.561. The van der Waals surface area contributed by atoms with Crippen LogP contribution in [0.5, 0.6) is 0 Å². The van der Waals surface area contributed by atoms with Gasteiger partial charge in [-0.1, -0.05) is 34.1 Å². The van der Waals surface area contributed by atoms with E-state index in [4.69, 9.17) is 4.98 Å². The molecular weight excluding hydrogens is 184 g/mol. The third-order valence-corrected chi connectivity index (χ3v) is 3.13. The number of aryl methyl sites for hydroxylation is 1. The van der Waals surface area contributed by atoms with Gasteiger partial charge in [0.25, 0.3) is 0 Å². The lowest BCUT2D eigenvalue weighted by molar-refractivity contribution is 0.627. The first-order valence-corrected chi connectivity index (χ1v) is 6.02. The number of hydrogen-bond acceptors (Lipinski definition) is 1. The predicted octanol–water partition coefficient (Wildman–Crippen LogP) is 3.76. The van der Waals surface area contributed by atoms with Crippen LogP contribution in [-0.4, -0.2) is 9.55 Å². The second kappa shape index (κ2) is 4.82. The molecule has 0 aliphatic heterocycles. The van der Waals surface area contributed by atoms with Crippen LogP contribution >= 0.6 is 0 Å². The Kier molecular flexibility index (Phi) is 3.95. The zero-order valence-electron chi connectivity index (χ0n) is 11.0. The maximum Gasteiger partial charge on any atom is 0.105 e. The third-order valence-electron chi connectivity index (χ3n) is 3.13. The van der Waals surface area contributed by atoms with Crippen molar-refractivity contribution >= 4 is 0 Å². The van der Waals surface area contributed by atoms with Gasteiger partial charge in [-0.15, -0.1) is 0 Å². The van der Waals surface area contributed by atoms with Crippen LogP contribution in [0.2, 0.25) is 0 Å². The van der Waals surface area contributed by atoms with Gasteiger partial charge in [0.2, 0.25) is 0 Å². The van der Waals surface area contributed by atoms with Gasteiger partial charge in [-0.25, -0.2) is 4.98 Å². The molecule has 0 saturated heterocycles. The topological polar surface area (TPSA) is 17.8 Å². The third kappa shape index (κ3) is 2.42. The zero-order chi connectivity index (χ0) is 11.6. The molecule has 1 aromatic heterocycles. The highest BCUT2D eigenvalue weighted by Crippen LogP contribution is 2.28. The molecule has 15 heavy (non-hydrogen) atoms. The van der Waals surface area contributed by atoms with E-state index < -0.39 is 0 Å². The van der Waals surface area contributed by atoms with Crippen LogP contribution in [0, 0.1) is 6.92 Å². The van der Waals surface area contributed by atoms with Gasteiger partial charge in [0.15, 0.2) is 0 Å². The first kappa shape index (κ1) is 12.3. The second-order valence-corrected chi connectivity index (χ2v) is 4.83. The first-order valence-electron chi connectivity index (χ1n) is 6.02. The average molecular weight is 208 g/mol. The Hall–Kier alpha value is -0.790. The van der Waals surface area contributed by atoms with Crippen molar-refractivity contribution in [2.24, 2.45) is 7.05 Å². The van der Waals surface area contributed by atoms with E-state index in [1.807, 2.05) is 0 Å². The van der Waals surface area contributed by atoms with Crippen LogP contribution in [0.4, 0.5) is 0 Å². The fourth-order valence-electron chi connectivity index (χ4n) is 2.27. The summed E-state index contributed by atoms with van der Waals surface area (Å²) >= 11 is 0. The van der Waals surface area contributed by atoms with E-state index in [0.717, 1.165) is 5.82 Å². The monoisotopic (exact) mass is 208 g/mol. The number of nitrogens with zero attached hydrogens (tertiary/aromatic N) is 2. The number of rotatable bonds is 4. The molecule has 86 valence electrons. The van der Waals surface area contributed by atoms with Gasteiger partial charge >= 0.3 is 0 Å². The highest BCUT2D eigenvalue weighted by molar-refractivity contribution is 5.23. The molecule has 0 saturated carbocycles. The highest BCUT2D eigenvalue weighted by atomic mass is 15.1.